The lowest BCUT2D eigenvalue weighted by Gasteiger charge is -2.39. The highest BCUT2D eigenvalue weighted by molar-refractivity contribution is 5.67. The predicted octanol–water partition coefficient (Wildman–Crippen LogP) is 4.20. The molecule has 0 spiro atoms. The fourth-order valence-corrected chi connectivity index (χ4v) is 3.30. The van der Waals surface area contributed by atoms with Gasteiger partial charge in [-0.25, -0.2) is 0 Å². The van der Waals surface area contributed by atoms with Crippen LogP contribution in [0.15, 0.2) is 24.3 Å². The topological polar surface area (TPSA) is 40.5 Å². The Morgan fingerprint density at radius 3 is 2.38 bits per heavy atom. The summed E-state index contributed by atoms with van der Waals surface area (Å²) in [5.41, 5.74) is 2.64. The maximum atomic E-state index is 11.1. The van der Waals surface area contributed by atoms with Crippen molar-refractivity contribution in [1.29, 1.82) is 0 Å². The molecule has 1 saturated heterocycles. The van der Waals surface area contributed by atoms with E-state index in [0.717, 1.165) is 19.4 Å². The number of piperidine rings is 1. The van der Waals surface area contributed by atoms with E-state index in [1.807, 2.05) is 0 Å². The minimum Gasteiger partial charge on any atom is -0.481 e. The van der Waals surface area contributed by atoms with Crippen LogP contribution in [0.1, 0.15) is 69.5 Å². The largest absolute Gasteiger partial charge is 0.481 e. The van der Waals surface area contributed by atoms with Gasteiger partial charge in [-0.1, -0.05) is 44.5 Å². The number of rotatable bonds is 5. The third kappa shape index (κ3) is 4.07. The van der Waals surface area contributed by atoms with Crippen molar-refractivity contribution in [3.05, 3.63) is 35.4 Å². The average molecular weight is 289 g/mol. The molecule has 0 aromatic heterocycles. The molecule has 1 N–H and O–H groups in total. The number of aliphatic carboxylic acids is 1. The summed E-state index contributed by atoms with van der Waals surface area (Å²) >= 11 is 0. The molecule has 3 heteroatoms. The molecule has 116 valence electrons. The number of carbonyl (C=O) groups is 1. The lowest BCUT2D eigenvalue weighted by molar-refractivity contribution is -0.139. The van der Waals surface area contributed by atoms with Crippen LogP contribution in [0.4, 0.5) is 0 Å². The summed E-state index contributed by atoms with van der Waals surface area (Å²) in [4.78, 5) is 13.4. The molecule has 0 bridgehead atoms. The second-order valence-corrected chi connectivity index (χ2v) is 6.48. The van der Waals surface area contributed by atoms with Gasteiger partial charge in [-0.2, -0.15) is 0 Å². The Kier molecular flexibility index (Phi) is 5.40. The van der Waals surface area contributed by atoms with Crippen LogP contribution < -0.4 is 0 Å². The van der Waals surface area contributed by atoms with Crippen LogP contribution in [0.25, 0.3) is 0 Å². The Bertz CT molecular complexity index is 467. The van der Waals surface area contributed by atoms with Gasteiger partial charge in [0.2, 0.25) is 0 Å². The minimum atomic E-state index is -0.686. The summed E-state index contributed by atoms with van der Waals surface area (Å²) in [6.45, 7) is 7.60. The summed E-state index contributed by atoms with van der Waals surface area (Å²) in [6.07, 6.45) is 3.58. The van der Waals surface area contributed by atoms with Gasteiger partial charge in [0.1, 0.15) is 0 Å². The molecule has 21 heavy (non-hydrogen) atoms. The maximum absolute atomic E-state index is 11.1. The van der Waals surface area contributed by atoms with Gasteiger partial charge in [-0.3, -0.25) is 9.69 Å². The first-order chi connectivity index (χ1) is 9.99. The molecule has 0 radical (unpaired) electrons. The molecule has 1 aliphatic rings. The smallest absolute Gasteiger partial charge is 0.304 e. The molecule has 2 atom stereocenters. The second kappa shape index (κ2) is 7.08. The maximum Gasteiger partial charge on any atom is 0.304 e. The van der Waals surface area contributed by atoms with Gasteiger partial charge in [0.15, 0.2) is 0 Å². The molecule has 1 fully saturated rings. The standard InChI is InChI=1S/C18H27NO2/c1-13(2)15-7-9-16(10-8-15)14(3)19-11-5-4-6-17(19)12-18(20)21/h7-10,13-14,17H,4-6,11-12H2,1-3H3,(H,20,21). The van der Waals surface area contributed by atoms with Crippen molar-refractivity contribution in [2.45, 2.75) is 64.5 Å². The van der Waals surface area contributed by atoms with Crippen molar-refractivity contribution in [3.8, 4) is 0 Å². The molecule has 1 heterocycles. The van der Waals surface area contributed by atoms with Gasteiger partial charge in [0.25, 0.3) is 0 Å². The summed E-state index contributed by atoms with van der Waals surface area (Å²) in [5.74, 6) is -0.140. The van der Waals surface area contributed by atoms with Crippen LogP contribution in [0.2, 0.25) is 0 Å². The number of hydrogen-bond acceptors (Lipinski definition) is 2. The third-order valence-corrected chi connectivity index (χ3v) is 4.67. The molecule has 1 aromatic carbocycles. The van der Waals surface area contributed by atoms with Crippen molar-refractivity contribution in [2.24, 2.45) is 0 Å². The van der Waals surface area contributed by atoms with Gasteiger partial charge in [-0.05, 0) is 43.4 Å². The van der Waals surface area contributed by atoms with E-state index in [4.69, 9.17) is 5.11 Å². The molecule has 1 aromatic rings. The first-order valence-corrected chi connectivity index (χ1v) is 8.06. The van der Waals surface area contributed by atoms with E-state index in [1.54, 1.807) is 0 Å². The highest BCUT2D eigenvalue weighted by atomic mass is 16.4. The zero-order valence-corrected chi connectivity index (χ0v) is 13.4. The number of nitrogens with zero attached hydrogens (tertiary/aromatic N) is 1. The molecular weight excluding hydrogens is 262 g/mol. The van der Waals surface area contributed by atoms with E-state index in [1.165, 1.54) is 17.5 Å². The molecule has 0 amide bonds. The van der Waals surface area contributed by atoms with Crippen molar-refractivity contribution < 1.29 is 9.90 Å². The van der Waals surface area contributed by atoms with Crippen LogP contribution in [0, 0.1) is 0 Å². The van der Waals surface area contributed by atoms with E-state index in [0.29, 0.717) is 5.92 Å². The van der Waals surface area contributed by atoms with Crippen LogP contribution in [-0.4, -0.2) is 28.6 Å². The molecule has 2 unspecified atom stereocenters. The summed E-state index contributed by atoms with van der Waals surface area (Å²) in [5, 5.41) is 9.11. The van der Waals surface area contributed by atoms with Gasteiger partial charge in [0, 0.05) is 12.1 Å². The Morgan fingerprint density at radius 1 is 1.19 bits per heavy atom. The van der Waals surface area contributed by atoms with Gasteiger partial charge in [0.05, 0.1) is 6.42 Å². The van der Waals surface area contributed by atoms with E-state index < -0.39 is 5.97 Å². The van der Waals surface area contributed by atoms with Gasteiger partial charge >= 0.3 is 5.97 Å². The van der Waals surface area contributed by atoms with Crippen molar-refractivity contribution >= 4 is 5.97 Å². The Morgan fingerprint density at radius 2 is 1.81 bits per heavy atom. The first kappa shape index (κ1) is 16.0. The van der Waals surface area contributed by atoms with Crippen LogP contribution in [-0.2, 0) is 4.79 Å². The van der Waals surface area contributed by atoms with E-state index in [-0.39, 0.29) is 18.5 Å². The highest BCUT2D eigenvalue weighted by Crippen LogP contribution is 2.30. The normalized spacial score (nSPS) is 21.4. The van der Waals surface area contributed by atoms with E-state index in [9.17, 15) is 4.79 Å². The Hall–Kier alpha value is -1.35. The van der Waals surface area contributed by atoms with E-state index >= 15 is 0 Å². The fourth-order valence-electron chi connectivity index (χ4n) is 3.30. The van der Waals surface area contributed by atoms with Crippen molar-refractivity contribution in [1.82, 2.24) is 4.90 Å². The van der Waals surface area contributed by atoms with Gasteiger partial charge in [-0.15, -0.1) is 0 Å². The molecule has 2 rings (SSSR count). The molecule has 1 aliphatic heterocycles. The molecule has 0 saturated carbocycles. The molecular formula is C18H27NO2. The lowest BCUT2D eigenvalue weighted by atomic mass is 9.94. The monoisotopic (exact) mass is 289 g/mol. The van der Waals surface area contributed by atoms with E-state index in [2.05, 4.69) is 49.9 Å². The fraction of sp³-hybridized carbons (Fsp3) is 0.611. The quantitative estimate of drug-likeness (QED) is 0.883. The van der Waals surface area contributed by atoms with Gasteiger partial charge < -0.3 is 5.11 Å². The third-order valence-electron chi connectivity index (χ3n) is 4.67. The van der Waals surface area contributed by atoms with Crippen LogP contribution >= 0.6 is 0 Å². The Labute approximate surface area is 128 Å². The average Bonchev–Trinajstić information content (AvgIpc) is 2.46. The van der Waals surface area contributed by atoms with Crippen molar-refractivity contribution in [2.75, 3.05) is 6.54 Å². The van der Waals surface area contributed by atoms with Crippen molar-refractivity contribution in [3.63, 3.8) is 0 Å². The summed E-state index contributed by atoms with van der Waals surface area (Å²) in [6, 6.07) is 9.27. The number of likely N-dealkylation sites (tertiary alicyclic amines) is 1. The number of benzene rings is 1. The SMILES string of the molecule is CC(C)c1ccc(C(C)N2CCCCC2CC(=O)O)cc1. The first-order valence-electron chi connectivity index (χ1n) is 8.06. The highest BCUT2D eigenvalue weighted by Gasteiger charge is 2.28. The summed E-state index contributed by atoms with van der Waals surface area (Å²) in [7, 11) is 0. The Balaban J connectivity index is 2.12. The zero-order chi connectivity index (χ0) is 15.4. The predicted molar refractivity (Wildman–Crippen MR) is 85.5 cm³/mol. The van der Waals surface area contributed by atoms with Crippen LogP contribution in [0.3, 0.4) is 0 Å². The lowest BCUT2D eigenvalue weighted by Crippen LogP contribution is -2.42. The number of carboxylic acid groups (broad SMARTS) is 1. The second-order valence-electron chi connectivity index (χ2n) is 6.48. The molecule has 0 aliphatic carbocycles. The minimum absolute atomic E-state index is 0.177. The van der Waals surface area contributed by atoms with Crippen LogP contribution in [0.5, 0.6) is 0 Å². The zero-order valence-electron chi connectivity index (χ0n) is 13.4. The number of hydrogen-bond donors (Lipinski definition) is 1. The number of carboxylic acids is 1. The summed E-state index contributed by atoms with van der Waals surface area (Å²) < 4.78 is 0. The molecule has 3 nitrogen and oxygen atoms in total.